The molecular weight excluding hydrogens is 184 g/mol. The Morgan fingerprint density at radius 2 is 2.00 bits per heavy atom. The van der Waals surface area contributed by atoms with Gasteiger partial charge in [0.25, 0.3) is 0 Å². The molecule has 1 rings (SSSR count). The number of ether oxygens (including phenoxy) is 2. The minimum Gasteiger partial charge on any atom is -0.457 e. The van der Waals surface area contributed by atoms with Crippen molar-refractivity contribution in [2.45, 2.75) is 31.3 Å². The number of esters is 1. The summed E-state index contributed by atoms with van der Waals surface area (Å²) in [4.78, 5) is 10.8. The summed E-state index contributed by atoms with van der Waals surface area (Å²) in [5.41, 5.74) is 0. The molecule has 1 N–H and O–H groups in total. The number of aliphatic hydroxyl groups is 1. The summed E-state index contributed by atoms with van der Waals surface area (Å²) in [5.74, 6) is -0.450. The Hall–Kier alpha value is -1.13. The molecule has 78 valence electrons. The highest BCUT2D eigenvalue weighted by Gasteiger charge is 2.42. The molecule has 0 aromatic rings. The van der Waals surface area contributed by atoms with E-state index in [4.69, 9.17) is 9.47 Å². The number of aliphatic hydroxyl groups excluding tert-OH is 1. The topological polar surface area (TPSA) is 55.8 Å². The van der Waals surface area contributed by atoms with Gasteiger partial charge in [0, 0.05) is 6.92 Å². The Labute approximate surface area is 82.8 Å². The molecular formula is C10H14O4. The van der Waals surface area contributed by atoms with Crippen molar-refractivity contribution < 1.29 is 19.4 Å². The Morgan fingerprint density at radius 1 is 1.43 bits per heavy atom. The first kappa shape index (κ1) is 10.9. The third kappa shape index (κ3) is 2.02. The molecule has 0 saturated carbocycles. The highest BCUT2D eigenvalue weighted by atomic mass is 16.6. The monoisotopic (exact) mass is 198 g/mol. The maximum atomic E-state index is 10.8. The van der Waals surface area contributed by atoms with Crippen LogP contribution in [0.25, 0.3) is 0 Å². The minimum atomic E-state index is -0.876. The molecule has 1 aliphatic rings. The molecule has 0 bridgehead atoms. The fraction of sp³-hybridized carbons (Fsp3) is 0.500. The zero-order valence-corrected chi connectivity index (χ0v) is 8.05. The summed E-state index contributed by atoms with van der Waals surface area (Å²) in [5, 5.41) is 9.68. The number of carbonyl (C=O) groups is 1. The molecule has 1 fully saturated rings. The lowest BCUT2D eigenvalue weighted by Crippen LogP contribution is -2.35. The molecule has 0 aromatic heterocycles. The number of hydrogen-bond acceptors (Lipinski definition) is 4. The fourth-order valence-electron chi connectivity index (χ4n) is 1.43. The normalized spacial score (nSPS) is 36.4. The van der Waals surface area contributed by atoms with Crippen molar-refractivity contribution in [3.63, 3.8) is 0 Å². The van der Waals surface area contributed by atoms with Gasteiger partial charge < -0.3 is 14.6 Å². The molecule has 4 nitrogen and oxygen atoms in total. The van der Waals surface area contributed by atoms with E-state index in [0.29, 0.717) is 0 Å². The highest BCUT2D eigenvalue weighted by molar-refractivity contribution is 5.66. The van der Waals surface area contributed by atoms with Crippen LogP contribution in [-0.2, 0) is 14.3 Å². The molecule has 4 atom stereocenters. The van der Waals surface area contributed by atoms with Crippen LogP contribution in [0.4, 0.5) is 0 Å². The first-order valence-corrected chi connectivity index (χ1v) is 4.36. The average molecular weight is 198 g/mol. The van der Waals surface area contributed by atoms with Crippen LogP contribution in [0.2, 0.25) is 0 Å². The second kappa shape index (κ2) is 4.39. The van der Waals surface area contributed by atoms with Crippen molar-refractivity contribution >= 4 is 5.97 Å². The molecule has 1 saturated heterocycles. The summed E-state index contributed by atoms with van der Waals surface area (Å²) >= 11 is 0. The van der Waals surface area contributed by atoms with Gasteiger partial charge in [-0.15, -0.1) is 13.2 Å². The summed E-state index contributed by atoms with van der Waals surface area (Å²) in [6.45, 7) is 8.34. The Kier molecular flexibility index (Phi) is 3.43. The van der Waals surface area contributed by atoms with Gasteiger partial charge in [-0.05, 0) is 0 Å². The lowest BCUT2D eigenvalue weighted by Gasteiger charge is -2.17. The van der Waals surface area contributed by atoms with Crippen LogP contribution < -0.4 is 0 Å². The van der Waals surface area contributed by atoms with Crippen LogP contribution >= 0.6 is 0 Å². The van der Waals surface area contributed by atoms with Crippen LogP contribution in [0.1, 0.15) is 6.92 Å². The standard InChI is InChI=1S/C10H14O4/c1-4-7-9(12)10(13-6(3)11)8(5-2)14-7/h4-5,7-10,12H,1-2H2,3H3/t7-,8+,9+,10-/m0/s1. The lowest BCUT2D eigenvalue weighted by molar-refractivity contribution is -0.151. The van der Waals surface area contributed by atoms with Crippen molar-refractivity contribution in [2.75, 3.05) is 0 Å². The van der Waals surface area contributed by atoms with E-state index in [2.05, 4.69) is 13.2 Å². The van der Waals surface area contributed by atoms with Crippen LogP contribution in [0, 0.1) is 0 Å². The van der Waals surface area contributed by atoms with Gasteiger partial charge >= 0.3 is 5.97 Å². The number of hydrogen-bond donors (Lipinski definition) is 1. The van der Waals surface area contributed by atoms with Crippen LogP contribution in [0.5, 0.6) is 0 Å². The lowest BCUT2D eigenvalue weighted by atomic mass is 10.1. The molecule has 0 radical (unpaired) electrons. The van der Waals surface area contributed by atoms with Gasteiger partial charge in [0.05, 0.1) is 0 Å². The molecule has 14 heavy (non-hydrogen) atoms. The van der Waals surface area contributed by atoms with Crippen LogP contribution in [0.15, 0.2) is 25.3 Å². The zero-order valence-electron chi connectivity index (χ0n) is 8.05. The molecule has 0 aromatic carbocycles. The average Bonchev–Trinajstić information content (AvgIpc) is 2.43. The van der Waals surface area contributed by atoms with E-state index < -0.39 is 30.4 Å². The van der Waals surface area contributed by atoms with E-state index >= 15 is 0 Å². The van der Waals surface area contributed by atoms with Gasteiger partial charge in [0.1, 0.15) is 18.3 Å². The molecule has 1 heterocycles. The molecule has 1 aliphatic heterocycles. The largest absolute Gasteiger partial charge is 0.457 e. The second-order valence-corrected chi connectivity index (χ2v) is 3.10. The Balaban J connectivity index is 2.74. The third-order valence-corrected chi connectivity index (χ3v) is 2.08. The zero-order chi connectivity index (χ0) is 10.7. The first-order chi connectivity index (χ1) is 6.60. The molecule has 0 unspecified atom stereocenters. The van der Waals surface area contributed by atoms with Gasteiger partial charge in [-0.2, -0.15) is 0 Å². The Bertz CT molecular complexity index is 249. The summed E-state index contributed by atoms with van der Waals surface area (Å²) in [6.07, 6.45) is 0.428. The van der Waals surface area contributed by atoms with Gasteiger partial charge in [0.2, 0.25) is 0 Å². The third-order valence-electron chi connectivity index (χ3n) is 2.08. The van der Waals surface area contributed by atoms with Gasteiger partial charge in [-0.25, -0.2) is 0 Å². The van der Waals surface area contributed by atoms with Crippen LogP contribution in [-0.4, -0.2) is 35.5 Å². The van der Waals surface area contributed by atoms with E-state index in [1.807, 2.05) is 0 Å². The van der Waals surface area contributed by atoms with E-state index in [1.54, 1.807) is 0 Å². The molecule has 0 amide bonds. The first-order valence-electron chi connectivity index (χ1n) is 4.36. The maximum Gasteiger partial charge on any atom is 0.303 e. The molecule has 4 heteroatoms. The van der Waals surface area contributed by atoms with E-state index in [1.165, 1.54) is 19.1 Å². The Morgan fingerprint density at radius 3 is 2.43 bits per heavy atom. The summed E-state index contributed by atoms with van der Waals surface area (Å²) in [6, 6.07) is 0. The second-order valence-electron chi connectivity index (χ2n) is 3.10. The number of carbonyl (C=O) groups excluding carboxylic acids is 1. The molecule has 0 spiro atoms. The molecule has 0 aliphatic carbocycles. The van der Waals surface area contributed by atoms with Crippen molar-refractivity contribution in [1.29, 1.82) is 0 Å². The SMILES string of the molecule is C=C[C@@H]1O[C@H](C=C)[C@H](OC(C)=O)[C@@H]1O. The van der Waals surface area contributed by atoms with Crippen molar-refractivity contribution in [2.24, 2.45) is 0 Å². The van der Waals surface area contributed by atoms with Crippen molar-refractivity contribution in [3.05, 3.63) is 25.3 Å². The fourth-order valence-corrected chi connectivity index (χ4v) is 1.43. The quantitative estimate of drug-likeness (QED) is 0.527. The summed E-state index contributed by atoms with van der Waals surface area (Å²) in [7, 11) is 0. The van der Waals surface area contributed by atoms with Gasteiger partial charge in [-0.3, -0.25) is 4.79 Å². The van der Waals surface area contributed by atoms with Crippen molar-refractivity contribution in [1.82, 2.24) is 0 Å². The maximum absolute atomic E-state index is 10.8. The van der Waals surface area contributed by atoms with E-state index in [0.717, 1.165) is 0 Å². The predicted molar refractivity (Wildman–Crippen MR) is 50.6 cm³/mol. The number of rotatable bonds is 3. The van der Waals surface area contributed by atoms with Gasteiger partial charge in [-0.1, -0.05) is 12.2 Å². The van der Waals surface area contributed by atoms with E-state index in [9.17, 15) is 9.90 Å². The minimum absolute atomic E-state index is 0.450. The van der Waals surface area contributed by atoms with Crippen molar-refractivity contribution in [3.8, 4) is 0 Å². The van der Waals surface area contributed by atoms with Crippen LogP contribution in [0.3, 0.4) is 0 Å². The van der Waals surface area contributed by atoms with Gasteiger partial charge in [0.15, 0.2) is 6.10 Å². The predicted octanol–water partition coefficient (Wildman–Crippen LogP) is 0.418. The van der Waals surface area contributed by atoms with E-state index in [-0.39, 0.29) is 0 Å². The smallest absolute Gasteiger partial charge is 0.303 e. The summed E-state index contributed by atoms with van der Waals surface area (Å²) < 4.78 is 10.2. The highest BCUT2D eigenvalue weighted by Crippen LogP contribution is 2.25.